The van der Waals surface area contributed by atoms with Crippen molar-refractivity contribution in [3.8, 4) is 6.07 Å². The van der Waals surface area contributed by atoms with Crippen LogP contribution in [0.3, 0.4) is 0 Å². The van der Waals surface area contributed by atoms with Crippen LogP contribution in [0.5, 0.6) is 0 Å². The van der Waals surface area contributed by atoms with Crippen molar-refractivity contribution in [1.29, 1.82) is 5.26 Å². The summed E-state index contributed by atoms with van der Waals surface area (Å²) in [6, 6.07) is 7.79. The number of benzene rings is 1. The van der Waals surface area contributed by atoms with E-state index in [1.54, 1.807) is 13.8 Å². The topological polar surface area (TPSA) is 64.3 Å². The number of carbonyl (C=O) groups is 1. The Morgan fingerprint density at radius 1 is 1.29 bits per heavy atom. The lowest BCUT2D eigenvalue weighted by Crippen LogP contribution is -2.46. The molecule has 1 aliphatic heterocycles. The first-order chi connectivity index (χ1) is 9.89. The highest BCUT2D eigenvalue weighted by Gasteiger charge is 2.47. The molecule has 0 saturated heterocycles. The summed E-state index contributed by atoms with van der Waals surface area (Å²) >= 11 is 0. The average molecular weight is 284 g/mol. The number of para-hydroxylation sites is 1. The molecule has 2 rings (SSSR count). The molecule has 0 bridgehead atoms. The van der Waals surface area contributed by atoms with Gasteiger partial charge in [-0.05, 0) is 37.8 Å². The number of hydrogen-bond donors (Lipinski definition) is 1. The van der Waals surface area contributed by atoms with Crippen LogP contribution >= 0.6 is 0 Å². The molecular formula is C17H20N2O2. The van der Waals surface area contributed by atoms with E-state index in [0.29, 0.717) is 5.57 Å². The second-order valence-corrected chi connectivity index (χ2v) is 5.41. The number of nitriles is 1. The summed E-state index contributed by atoms with van der Waals surface area (Å²) in [5.74, 6) is -0.421. The van der Waals surface area contributed by atoms with Gasteiger partial charge in [0.15, 0.2) is 5.72 Å². The molecule has 1 N–H and O–H groups in total. The molecule has 0 radical (unpaired) electrons. The number of rotatable bonds is 3. The highest BCUT2D eigenvalue weighted by molar-refractivity contribution is 6.13. The summed E-state index contributed by atoms with van der Waals surface area (Å²) in [5.41, 5.74) is 1.71. The van der Waals surface area contributed by atoms with Gasteiger partial charge in [0, 0.05) is 5.57 Å². The van der Waals surface area contributed by atoms with Crippen molar-refractivity contribution in [3.05, 3.63) is 40.5 Å². The predicted octanol–water partition coefficient (Wildman–Crippen LogP) is 2.71. The van der Waals surface area contributed by atoms with Crippen LogP contribution in [0, 0.1) is 11.3 Å². The Labute approximate surface area is 125 Å². The van der Waals surface area contributed by atoms with E-state index in [-0.39, 0.29) is 5.57 Å². The standard InChI is InChI=1S/C17H20N2O2/c1-5-12-8-7-9-13(6-2)15(12)19-16(20)14(10-18)11(3)17(19,4)21/h7-9,21H,5-6H2,1-4H3. The number of hydrogen-bond acceptors (Lipinski definition) is 3. The third-order valence-electron chi connectivity index (χ3n) is 4.24. The zero-order chi connectivity index (χ0) is 15.8. The zero-order valence-electron chi connectivity index (χ0n) is 12.9. The van der Waals surface area contributed by atoms with Crippen molar-refractivity contribution in [3.63, 3.8) is 0 Å². The number of anilines is 1. The number of aryl methyl sites for hydroxylation is 2. The minimum absolute atomic E-state index is 0.0351. The van der Waals surface area contributed by atoms with Crippen LogP contribution in [0.25, 0.3) is 0 Å². The normalized spacial score (nSPS) is 21.9. The van der Waals surface area contributed by atoms with Gasteiger partial charge in [0.05, 0.1) is 5.69 Å². The highest BCUT2D eigenvalue weighted by atomic mass is 16.3. The van der Waals surface area contributed by atoms with Crippen molar-refractivity contribution < 1.29 is 9.90 Å². The van der Waals surface area contributed by atoms with Crippen LogP contribution in [-0.4, -0.2) is 16.7 Å². The van der Waals surface area contributed by atoms with E-state index in [2.05, 4.69) is 0 Å². The summed E-state index contributed by atoms with van der Waals surface area (Å²) < 4.78 is 0. The summed E-state index contributed by atoms with van der Waals surface area (Å²) in [6.07, 6.45) is 1.51. The van der Waals surface area contributed by atoms with Crippen LogP contribution in [0.4, 0.5) is 5.69 Å². The van der Waals surface area contributed by atoms with Crippen LogP contribution in [0.1, 0.15) is 38.8 Å². The molecule has 0 aliphatic carbocycles. The molecule has 0 aromatic heterocycles. The van der Waals surface area contributed by atoms with Gasteiger partial charge in [-0.15, -0.1) is 0 Å². The summed E-state index contributed by atoms with van der Waals surface area (Å²) in [5, 5.41) is 20.0. The molecule has 0 saturated carbocycles. The van der Waals surface area contributed by atoms with Gasteiger partial charge in [-0.3, -0.25) is 9.69 Å². The van der Waals surface area contributed by atoms with E-state index in [0.717, 1.165) is 29.7 Å². The Hall–Kier alpha value is -2.12. The van der Waals surface area contributed by atoms with Crippen LogP contribution in [-0.2, 0) is 17.6 Å². The molecule has 1 heterocycles. The first kappa shape index (κ1) is 15.3. The largest absolute Gasteiger partial charge is 0.367 e. The van der Waals surface area contributed by atoms with Crippen LogP contribution in [0.2, 0.25) is 0 Å². The molecule has 1 atom stereocenters. The minimum atomic E-state index is -1.46. The quantitative estimate of drug-likeness (QED) is 0.928. The van der Waals surface area contributed by atoms with Crippen molar-refractivity contribution in [2.24, 2.45) is 0 Å². The molecule has 1 unspecified atom stereocenters. The maximum atomic E-state index is 12.6. The molecule has 4 nitrogen and oxygen atoms in total. The van der Waals surface area contributed by atoms with Crippen molar-refractivity contribution >= 4 is 11.6 Å². The van der Waals surface area contributed by atoms with Crippen LogP contribution < -0.4 is 4.90 Å². The Morgan fingerprint density at radius 2 is 1.81 bits per heavy atom. The fraction of sp³-hybridized carbons (Fsp3) is 0.412. The second kappa shape index (κ2) is 5.34. The molecule has 0 fully saturated rings. The summed E-state index contributed by atoms with van der Waals surface area (Å²) in [4.78, 5) is 14.0. The fourth-order valence-corrected chi connectivity index (χ4v) is 2.83. The lowest BCUT2D eigenvalue weighted by molar-refractivity contribution is -0.116. The fourth-order valence-electron chi connectivity index (χ4n) is 2.83. The number of amides is 1. The third-order valence-corrected chi connectivity index (χ3v) is 4.24. The summed E-state index contributed by atoms with van der Waals surface area (Å²) in [7, 11) is 0. The number of aliphatic hydroxyl groups is 1. The first-order valence-corrected chi connectivity index (χ1v) is 7.19. The smallest absolute Gasteiger partial charge is 0.271 e. The average Bonchev–Trinajstić information content (AvgIpc) is 2.64. The molecule has 0 spiro atoms. The van der Waals surface area contributed by atoms with Gasteiger partial charge in [-0.2, -0.15) is 5.26 Å². The van der Waals surface area contributed by atoms with Crippen molar-refractivity contribution in [2.75, 3.05) is 4.90 Å². The van der Waals surface area contributed by atoms with E-state index >= 15 is 0 Å². The molecule has 1 aromatic carbocycles. The Kier molecular flexibility index (Phi) is 3.89. The molecule has 1 aliphatic rings. The zero-order valence-corrected chi connectivity index (χ0v) is 12.9. The monoisotopic (exact) mass is 284 g/mol. The van der Waals surface area contributed by atoms with Crippen LogP contribution in [0.15, 0.2) is 29.3 Å². The third kappa shape index (κ3) is 2.14. The van der Waals surface area contributed by atoms with Gasteiger partial charge in [-0.25, -0.2) is 0 Å². The lowest BCUT2D eigenvalue weighted by Gasteiger charge is -2.34. The highest BCUT2D eigenvalue weighted by Crippen LogP contribution is 2.40. The molecular weight excluding hydrogens is 264 g/mol. The maximum absolute atomic E-state index is 12.6. The Balaban J connectivity index is 2.70. The Morgan fingerprint density at radius 3 is 2.19 bits per heavy atom. The summed E-state index contributed by atoms with van der Waals surface area (Å²) in [6.45, 7) is 7.23. The van der Waals surface area contributed by atoms with Crippen molar-refractivity contribution in [1.82, 2.24) is 0 Å². The van der Waals surface area contributed by atoms with Gasteiger partial charge in [-0.1, -0.05) is 32.0 Å². The first-order valence-electron chi connectivity index (χ1n) is 7.19. The van der Waals surface area contributed by atoms with Gasteiger partial charge in [0.2, 0.25) is 0 Å². The predicted molar refractivity (Wildman–Crippen MR) is 81.6 cm³/mol. The second-order valence-electron chi connectivity index (χ2n) is 5.41. The lowest BCUT2D eigenvalue weighted by atomic mass is 9.99. The maximum Gasteiger partial charge on any atom is 0.271 e. The number of nitrogens with zero attached hydrogens (tertiary/aromatic N) is 2. The molecule has 1 amide bonds. The van der Waals surface area contributed by atoms with E-state index in [4.69, 9.17) is 0 Å². The van der Waals surface area contributed by atoms with Crippen molar-refractivity contribution in [2.45, 2.75) is 46.3 Å². The van der Waals surface area contributed by atoms with E-state index in [9.17, 15) is 15.2 Å². The molecule has 1 aromatic rings. The van der Waals surface area contributed by atoms with Gasteiger partial charge < -0.3 is 5.11 Å². The molecule has 110 valence electrons. The van der Waals surface area contributed by atoms with E-state index in [1.165, 1.54) is 4.90 Å². The Bertz CT molecular complexity index is 644. The number of carbonyl (C=O) groups excluding carboxylic acids is 1. The van der Waals surface area contributed by atoms with Gasteiger partial charge >= 0.3 is 0 Å². The minimum Gasteiger partial charge on any atom is -0.367 e. The molecule has 4 heteroatoms. The van der Waals surface area contributed by atoms with E-state index < -0.39 is 11.6 Å². The van der Waals surface area contributed by atoms with E-state index in [1.807, 2.05) is 38.1 Å². The van der Waals surface area contributed by atoms with Gasteiger partial charge in [0.1, 0.15) is 11.6 Å². The SMILES string of the molecule is CCc1cccc(CC)c1N1C(=O)C(C#N)=C(C)C1(C)O. The van der Waals surface area contributed by atoms with Gasteiger partial charge in [0.25, 0.3) is 5.91 Å². The molecule has 21 heavy (non-hydrogen) atoms.